The first-order chi connectivity index (χ1) is 15.9. The fourth-order valence-corrected chi connectivity index (χ4v) is 4.02. The number of rotatable bonds is 7. The molecule has 5 rings (SSSR count). The summed E-state index contributed by atoms with van der Waals surface area (Å²) in [6.07, 6.45) is 0. The van der Waals surface area contributed by atoms with Gasteiger partial charge in [-0.15, -0.1) is 0 Å². The number of benzene rings is 3. The van der Waals surface area contributed by atoms with Crippen LogP contribution >= 0.6 is 0 Å². The Labute approximate surface area is 188 Å². The van der Waals surface area contributed by atoms with Gasteiger partial charge in [0, 0.05) is 30.8 Å². The van der Waals surface area contributed by atoms with Crippen LogP contribution in [0.1, 0.15) is 0 Å². The lowest BCUT2D eigenvalue weighted by Crippen LogP contribution is -2.38. The summed E-state index contributed by atoms with van der Waals surface area (Å²) >= 11 is 0. The fraction of sp³-hybridized carbons (Fsp3) is 0.222. The number of aromatic amines is 1. The van der Waals surface area contributed by atoms with Crippen LogP contribution in [0.25, 0.3) is 33.9 Å². The largest absolute Gasteiger partial charge is 0.491 e. The number of H-pyrrole nitrogens is 1. The highest BCUT2D eigenvalue weighted by Gasteiger charge is 2.18. The average Bonchev–Trinajstić information content (AvgIpc) is 3.32. The highest BCUT2D eigenvalue weighted by Crippen LogP contribution is 2.35. The second-order valence-electron chi connectivity index (χ2n) is 7.84. The van der Waals surface area contributed by atoms with E-state index in [2.05, 4.69) is 40.2 Å². The minimum absolute atomic E-state index is 0.634. The van der Waals surface area contributed by atoms with Gasteiger partial charge in [0.05, 0.1) is 30.2 Å². The molecule has 5 heteroatoms. The third kappa shape index (κ3) is 4.59. The summed E-state index contributed by atoms with van der Waals surface area (Å²) in [7, 11) is 0. The predicted molar refractivity (Wildman–Crippen MR) is 128 cm³/mol. The van der Waals surface area contributed by atoms with E-state index < -0.39 is 0 Å². The van der Waals surface area contributed by atoms with Crippen LogP contribution in [-0.4, -0.2) is 54.3 Å². The van der Waals surface area contributed by atoms with Crippen LogP contribution in [0.2, 0.25) is 0 Å². The Morgan fingerprint density at radius 3 is 2.22 bits per heavy atom. The van der Waals surface area contributed by atoms with Gasteiger partial charge in [-0.05, 0) is 12.1 Å². The van der Waals surface area contributed by atoms with E-state index in [9.17, 15) is 0 Å². The summed E-state index contributed by atoms with van der Waals surface area (Å²) in [6, 6.07) is 28.7. The SMILES string of the molecule is c1ccc(-c2nc(-c3ccccc3OCCN3CCOCC3)[nH]c2-c2ccccc2)cc1. The molecular formula is C27H27N3O2. The Morgan fingerprint density at radius 1 is 0.812 bits per heavy atom. The van der Waals surface area contributed by atoms with Gasteiger partial charge in [-0.25, -0.2) is 4.98 Å². The highest BCUT2D eigenvalue weighted by molar-refractivity contribution is 5.82. The van der Waals surface area contributed by atoms with Crippen molar-refractivity contribution in [2.75, 3.05) is 39.5 Å². The van der Waals surface area contributed by atoms with Crippen molar-refractivity contribution in [1.82, 2.24) is 14.9 Å². The third-order valence-electron chi connectivity index (χ3n) is 5.72. The Hall–Kier alpha value is -3.41. The summed E-state index contributed by atoms with van der Waals surface area (Å²) in [5.41, 5.74) is 5.11. The van der Waals surface area contributed by atoms with E-state index in [1.54, 1.807) is 0 Å². The third-order valence-corrected chi connectivity index (χ3v) is 5.72. The molecule has 4 aromatic rings. The van der Waals surface area contributed by atoms with Crippen LogP contribution < -0.4 is 4.74 Å². The Bertz CT molecular complexity index is 1080. The lowest BCUT2D eigenvalue weighted by molar-refractivity contribution is 0.0323. The molecule has 1 aliphatic heterocycles. The second kappa shape index (κ2) is 9.81. The molecule has 0 saturated carbocycles. The van der Waals surface area contributed by atoms with E-state index in [-0.39, 0.29) is 0 Å². The molecule has 2 heterocycles. The van der Waals surface area contributed by atoms with Gasteiger partial charge < -0.3 is 14.5 Å². The van der Waals surface area contributed by atoms with Gasteiger partial charge >= 0.3 is 0 Å². The Morgan fingerprint density at radius 2 is 1.47 bits per heavy atom. The van der Waals surface area contributed by atoms with E-state index in [4.69, 9.17) is 14.5 Å². The molecule has 1 fully saturated rings. The maximum absolute atomic E-state index is 6.21. The molecule has 3 aromatic carbocycles. The van der Waals surface area contributed by atoms with E-state index in [0.29, 0.717) is 6.61 Å². The van der Waals surface area contributed by atoms with Gasteiger partial charge in [0.15, 0.2) is 0 Å². The lowest BCUT2D eigenvalue weighted by Gasteiger charge is -2.26. The topological polar surface area (TPSA) is 50.4 Å². The summed E-state index contributed by atoms with van der Waals surface area (Å²) in [5.74, 6) is 1.65. The molecule has 0 bridgehead atoms. The van der Waals surface area contributed by atoms with Crippen molar-refractivity contribution in [2.45, 2.75) is 0 Å². The number of nitrogens with one attached hydrogen (secondary N) is 1. The molecule has 0 atom stereocenters. The molecule has 5 nitrogen and oxygen atoms in total. The maximum atomic E-state index is 6.21. The predicted octanol–water partition coefficient (Wildman–Crippen LogP) is 5.12. The molecule has 0 unspecified atom stereocenters. The average molecular weight is 426 g/mol. The molecule has 0 spiro atoms. The Kier molecular flexibility index (Phi) is 6.28. The zero-order valence-electron chi connectivity index (χ0n) is 18.0. The zero-order chi connectivity index (χ0) is 21.6. The minimum atomic E-state index is 0.634. The number of hydrogen-bond donors (Lipinski definition) is 1. The number of imidazole rings is 1. The van der Waals surface area contributed by atoms with E-state index in [1.807, 2.05) is 54.6 Å². The van der Waals surface area contributed by atoms with Gasteiger partial charge in [0.1, 0.15) is 18.2 Å². The van der Waals surface area contributed by atoms with Crippen molar-refractivity contribution >= 4 is 0 Å². The zero-order valence-corrected chi connectivity index (χ0v) is 18.0. The van der Waals surface area contributed by atoms with Crippen molar-refractivity contribution < 1.29 is 9.47 Å². The van der Waals surface area contributed by atoms with Gasteiger partial charge in [0.25, 0.3) is 0 Å². The number of nitrogens with zero attached hydrogens (tertiary/aromatic N) is 2. The van der Waals surface area contributed by atoms with Gasteiger partial charge in [-0.1, -0.05) is 72.8 Å². The molecule has 1 saturated heterocycles. The molecular weight excluding hydrogens is 398 g/mol. The molecule has 1 aromatic heterocycles. The van der Waals surface area contributed by atoms with Gasteiger partial charge in [-0.3, -0.25) is 4.90 Å². The van der Waals surface area contributed by atoms with Crippen molar-refractivity contribution in [2.24, 2.45) is 0 Å². The van der Waals surface area contributed by atoms with E-state index in [1.165, 1.54) is 0 Å². The number of ether oxygens (including phenoxy) is 2. The lowest BCUT2D eigenvalue weighted by atomic mass is 10.1. The number of hydrogen-bond acceptors (Lipinski definition) is 4. The molecule has 0 radical (unpaired) electrons. The minimum Gasteiger partial charge on any atom is -0.491 e. The number of para-hydroxylation sites is 1. The van der Waals surface area contributed by atoms with Crippen molar-refractivity contribution in [3.63, 3.8) is 0 Å². The maximum Gasteiger partial charge on any atom is 0.142 e. The van der Waals surface area contributed by atoms with Crippen LogP contribution in [-0.2, 0) is 4.74 Å². The first-order valence-electron chi connectivity index (χ1n) is 11.1. The summed E-state index contributed by atoms with van der Waals surface area (Å²) in [6.45, 7) is 5.05. The molecule has 162 valence electrons. The first kappa shape index (κ1) is 20.5. The van der Waals surface area contributed by atoms with Gasteiger partial charge in [0.2, 0.25) is 0 Å². The molecule has 0 aliphatic carbocycles. The summed E-state index contributed by atoms with van der Waals surface area (Å²) in [4.78, 5) is 11.0. The fourth-order valence-electron chi connectivity index (χ4n) is 4.02. The first-order valence-corrected chi connectivity index (χ1v) is 11.1. The van der Waals surface area contributed by atoms with Crippen molar-refractivity contribution in [3.05, 3.63) is 84.9 Å². The quantitative estimate of drug-likeness (QED) is 0.446. The van der Waals surface area contributed by atoms with Crippen molar-refractivity contribution in [1.29, 1.82) is 0 Å². The van der Waals surface area contributed by atoms with Crippen LogP contribution in [0, 0.1) is 0 Å². The number of morpholine rings is 1. The standard InChI is InChI=1S/C27H27N3O2/c1-3-9-21(10-4-1)25-26(22-11-5-2-6-12-22)29-27(28-25)23-13-7-8-14-24(23)32-20-17-30-15-18-31-19-16-30/h1-14H,15-20H2,(H,28,29). The van der Waals surface area contributed by atoms with Crippen LogP contribution in [0.15, 0.2) is 84.9 Å². The second-order valence-corrected chi connectivity index (χ2v) is 7.84. The van der Waals surface area contributed by atoms with Crippen molar-refractivity contribution in [3.8, 4) is 39.7 Å². The van der Waals surface area contributed by atoms with E-state index in [0.717, 1.165) is 72.5 Å². The van der Waals surface area contributed by atoms with Crippen LogP contribution in [0.4, 0.5) is 0 Å². The molecule has 1 N–H and O–H groups in total. The molecule has 32 heavy (non-hydrogen) atoms. The molecule has 1 aliphatic rings. The van der Waals surface area contributed by atoms with E-state index >= 15 is 0 Å². The summed E-state index contributed by atoms with van der Waals surface area (Å²) in [5, 5.41) is 0. The monoisotopic (exact) mass is 425 g/mol. The molecule has 0 amide bonds. The Balaban J connectivity index is 1.45. The summed E-state index contributed by atoms with van der Waals surface area (Å²) < 4.78 is 11.6. The van der Waals surface area contributed by atoms with Crippen LogP contribution in [0.5, 0.6) is 5.75 Å². The van der Waals surface area contributed by atoms with Crippen LogP contribution in [0.3, 0.4) is 0 Å². The highest BCUT2D eigenvalue weighted by atomic mass is 16.5. The van der Waals surface area contributed by atoms with Gasteiger partial charge in [-0.2, -0.15) is 0 Å². The normalized spacial score (nSPS) is 14.4. The smallest absolute Gasteiger partial charge is 0.142 e. The number of aromatic nitrogens is 2.